The van der Waals surface area contributed by atoms with Crippen LogP contribution in [0.1, 0.15) is 19.0 Å². The molecule has 0 radical (unpaired) electrons. The fourth-order valence-electron chi connectivity index (χ4n) is 1.59. The maximum atomic E-state index is 11.8. The predicted molar refractivity (Wildman–Crippen MR) is 81.3 cm³/mol. The second-order valence-electron chi connectivity index (χ2n) is 4.48. The molecule has 19 heavy (non-hydrogen) atoms. The standard InChI is InChI=1S/C13H20N4OS/c1-4-7-17(9-12(18)16(2)3)10-5-6-11(13(14)19)15-8-10/h5-6,8H,4,7,9H2,1-3H3,(H2,14,19). The number of carbonyl (C=O) groups is 1. The molecular formula is C13H20N4OS. The number of rotatable bonds is 6. The number of anilines is 1. The quantitative estimate of drug-likeness (QED) is 0.788. The van der Waals surface area contributed by atoms with E-state index >= 15 is 0 Å². The van der Waals surface area contributed by atoms with E-state index in [1.807, 2.05) is 11.0 Å². The van der Waals surface area contributed by atoms with E-state index in [0.29, 0.717) is 12.2 Å². The van der Waals surface area contributed by atoms with Gasteiger partial charge in [0.25, 0.3) is 0 Å². The zero-order valence-corrected chi connectivity index (χ0v) is 12.4. The van der Waals surface area contributed by atoms with Crippen molar-refractivity contribution in [1.82, 2.24) is 9.88 Å². The number of likely N-dealkylation sites (N-methyl/N-ethyl adjacent to an activating group) is 1. The largest absolute Gasteiger partial charge is 0.388 e. The van der Waals surface area contributed by atoms with Gasteiger partial charge in [0.1, 0.15) is 4.99 Å². The Morgan fingerprint density at radius 2 is 2.11 bits per heavy atom. The molecule has 0 spiro atoms. The van der Waals surface area contributed by atoms with E-state index in [9.17, 15) is 4.79 Å². The smallest absolute Gasteiger partial charge is 0.241 e. The molecule has 0 fully saturated rings. The Bertz CT molecular complexity index is 444. The van der Waals surface area contributed by atoms with E-state index in [1.54, 1.807) is 31.3 Å². The Hall–Kier alpha value is -1.69. The molecule has 0 atom stereocenters. The highest BCUT2D eigenvalue weighted by atomic mass is 32.1. The molecule has 0 saturated heterocycles. The highest BCUT2D eigenvalue weighted by Gasteiger charge is 2.13. The number of pyridine rings is 1. The van der Waals surface area contributed by atoms with Gasteiger partial charge < -0.3 is 15.5 Å². The first-order valence-corrected chi connectivity index (χ1v) is 6.57. The van der Waals surface area contributed by atoms with Crippen LogP contribution in [0.5, 0.6) is 0 Å². The SMILES string of the molecule is CCCN(CC(=O)N(C)C)c1ccc(C(N)=S)nc1. The number of nitrogens with zero attached hydrogens (tertiary/aromatic N) is 3. The Labute approximate surface area is 119 Å². The molecule has 0 saturated carbocycles. The first kappa shape index (κ1) is 15.4. The van der Waals surface area contributed by atoms with E-state index in [1.165, 1.54) is 0 Å². The first-order chi connectivity index (χ1) is 8.95. The normalized spacial score (nSPS) is 10.1. The second kappa shape index (κ2) is 7.04. The fourth-order valence-corrected chi connectivity index (χ4v) is 1.71. The number of carbonyl (C=O) groups excluding carboxylic acids is 1. The van der Waals surface area contributed by atoms with E-state index < -0.39 is 0 Å². The van der Waals surface area contributed by atoms with Crippen molar-refractivity contribution in [2.45, 2.75) is 13.3 Å². The van der Waals surface area contributed by atoms with Crippen LogP contribution >= 0.6 is 12.2 Å². The fraction of sp³-hybridized carbons (Fsp3) is 0.462. The minimum absolute atomic E-state index is 0.0619. The number of aromatic nitrogens is 1. The van der Waals surface area contributed by atoms with Gasteiger partial charge in [-0.3, -0.25) is 9.78 Å². The number of thiocarbonyl (C=S) groups is 1. The Balaban J connectivity index is 2.86. The van der Waals surface area contributed by atoms with Crippen LogP contribution in [0, 0.1) is 0 Å². The summed E-state index contributed by atoms with van der Waals surface area (Å²) in [6, 6.07) is 3.67. The molecule has 1 aromatic rings. The van der Waals surface area contributed by atoms with Gasteiger partial charge >= 0.3 is 0 Å². The first-order valence-electron chi connectivity index (χ1n) is 6.16. The van der Waals surface area contributed by atoms with Gasteiger partial charge in [-0.1, -0.05) is 19.1 Å². The number of hydrogen-bond donors (Lipinski definition) is 1. The van der Waals surface area contributed by atoms with Crippen molar-refractivity contribution in [2.75, 3.05) is 32.1 Å². The van der Waals surface area contributed by atoms with Crippen LogP contribution in [0.4, 0.5) is 5.69 Å². The highest BCUT2D eigenvalue weighted by Crippen LogP contribution is 2.13. The summed E-state index contributed by atoms with van der Waals surface area (Å²) in [6.45, 7) is 3.21. The van der Waals surface area contributed by atoms with Crippen molar-refractivity contribution in [1.29, 1.82) is 0 Å². The number of nitrogens with two attached hydrogens (primary N) is 1. The summed E-state index contributed by atoms with van der Waals surface area (Å²) < 4.78 is 0. The van der Waals surface area contributed by atoms with E-state index in [0.717, 1.165) is 18.7 Å². The van der Waals surface area contributed by atoms with E-state index in [4.69, 9.17) is 18.0 Å². The lowest BCUT2D eigenvalue weighted by Crippen LogP contribution is -2.37. The average molecular weight is 280 g/mol. The average Bonchev–Trinajstić information content (AvgIpc) is 2.38. The van der Waals surface area contributed by atoms with Crippen LogP contribution in [-0.2, 0) is 4.79 Å². The molecule has 104 valence electrons. The molecule has 5 nitrogen and oxygen atoms in total. The van der Waals surface area contributed by atoms with Gasteiger partial charge in [0.2, 0.25) is 5.91 Å². The summed E-state index contributed by atoms with van der Waals surface area (Å²) in [4.78, 5) is 19.9. The lowest BCUT2D eigenvalue weighted by molar-refractivity contribution is -0.127. The summed E-state index contributed by atoms with van der Waals surface area (Å²) in [5.74, 6) is 0.0619. The molecule has 0 aliphatic carbocycles. The summed E-state index contributed by atoms with van der Waals surface area (Å²) in [5.41, 5.74) is 7.01. The Kier molecular flexibility index (Phi) is 5.69. The topological polar surface area (TPSA) is 62.5 Å². The minimum Gasteiger partial charge on any atom is -0.388 e. The van der Waals surface area contributed by atoms with Crippen LogP contribution in [0.15, 0.2) is 18.3 Å². The van der Waals surface area contributed by atoms with Crippen molar-refractivity contribution >= 4 is 28.8 Å². The van der Waals surface area contributed by atoms with Gasteiger partial charge in [-0.15, -0.1) is 0 Å². The van der Waals surface area contributed by atoms with Crippen LogP contribution in [0.25, 0.3) is 0 Å². The molecule has 0 aliphatic rings. The molecule has 0 bridgehead atoms. The van der Waals surface area contributed by atoms with E-state index in [-0.39, 0.29) is 10.9 Å². The third kappa shape index (κ3) is 4.48. The van der Waals surface area contributed by atoms with Gasteiger partial charge in [0.05, 0.1) is 24.1 Å². The van der Waals surface area contributed by atoms with Crippen LogP contribution in [0.3, 0.4) is 0 Å². The van der Waals surface area contributed by atoms with E-state index in [2.05, 4.69) is 11.9 Å². The third-order valence-corrected chi connectivity index (χ3v) is 2.89. The molecule has 1 rings (SSSR count). The zero-order valence-electron chi connectivity index (χ0n) is 11.6. The van der Waals surface area contributed by atoms with Gasteiger partial charge in [-0.2, -0.15) is 0 Å². The molecule has 1 heterocycles. The predicted octanol–water partition coefficient (Wildman–Crippen LogP) is 1.02. The van der Waals surface area contributed by atoms with Crippen LogP contribution < -0.4 is 10.6 Å². The monoisotopic (exact) mass is 280 g/mol. The molecule has 0 aliphatic heterocycles. The molecule has 0 aromatic carbocycles. The summed E-state index contributed by atoms with van der Waals surface area (Å²) >= 11 is 4.87. The van der Waals surface area contributed by atoms with Gasteiger partial charge in [-0.25, -0.2) is 0 Å². The lowest BCUT2D eigenvalue weighted by atomic mass is 10.3. The maximum absolute atomic E-state index is 11.8. The number of amides is 1. The molecule has 6 heteroatoms. The second-order valence-corrected chi connectivity index (χ2v) is 4.92. The molecular weight excluding hydrogens is 260 g/mol. The summed E-state index contributed by atoms with van der Waals surface area (Å²) in [7, 11) is 3.50. The maximum Gasteiger partial charge on any atom is 0.241 e. The van der Waals surface area contributed by atoms with Crippen molar-refractivity contribution in [3.05, 3.63) is 24.0 Å². The Morgan fingerprint density at radius 1 is 1.42 bits per heavy atom. The number of hydrogen-bond acceptors (Lipinski definition) is 4. The van der Waals surface area contributed by atoms with Crippen molar-refractivity contribution in [3.63, 3.8) is 0 Å². The van der Waals surface area contributed by atoms with Gasteiger partial charge in [0.15, 0.2) is 0 Å². The third-order valence-electron chi connectivity index (χ3n) is 2.68. The van der Waals surface area contributed by atoms with Gasteiger partial charge in [0, 0.05) is 20.6 Å². The molecule has 0 unspecified atom stereocenters. The van der Waals surface area contributed by atoms with Crippen molar-refractivity contribution in [3.8, 4) is 0 Å². The highest BCUT2D eigenvalue weighted by molar-refractivity contribution is 7.80. The summed E-state index contributed by atoms with van der Waals surface area (Å²) in [5, 5.41) is 0. The molecule has 1 amide bonds. The van der Waals surface area contributed by atoms with Crippen LogP contribution in [0.2, 0.25) is 0 Å². The van der Waals surface area contributed by atoms with Gasteiger partial charge in [-0.05, 0) is 18.6 Å². The Morgan fingerprint density at radius 3 is 2.53 bits per heavy atom. The lowest BCUT2D eigenvalue weighted by Gasteiger charge is -2.25. The van der Waals surface area contributed by atoms with Crippen molar-refractivity contribution < 1.29 is 4.79 Å². The van der Waals surface area contributed by atoms with Crippen LogP contribution in [-0.4, -0.2) is 48.0 Å². The molecule has 1 aromatic heterocycles. The summed E-state index contributed by atoms with van der Waals surface area (Å²) in [6.07, 6.45) is 2.66. The zero-order chi connectivity index (χ0) is 14.4. The minimum atomic E-state index is 0.0619. The van der Waals surface area contributed by atoms with Crippen molar-refractivity contribution in [2.24, 2.45) is 5.73 Å². The molecule has 2 N–H and O–H groups in total.